The molecule has 1 heterocycles. The maximum Gasteiger partial charge on any atom is 0.338 e. The van der Waals surface area contributed by atoms with Crippen LogP contribution in [0.3, 0.4) is 0 Å². The molecule has 0 atom stereocenters. The van der Waals surface area contributed by atoms with E-state index in [1.54, 1.807) is 24.3 Å². The lowest BCUT2D eigenvalue weighted by molar-refractivity contribution is -0.119. The zero-order valence-electron chi connectivity index (χ0n) is 18.4. The Bertz CT molecular complexity index is 1180. The number of hydrogen-bond acceptors (Lipinski definition) is 7. The summed E-state index contributed by atoms with van der Waals surface area (Å²) >= 11 is 1.29. The number of fused-ring (bicyclic) bond motifs is 1. The normalized spacial score (nSPS) is 15.6. The first kappa shape index (κ1) is 23.5. The van der Waals surface area contributed by atoms with E-state index in [1.165, 1.54) is 34.9 Å². The van der Waals surface area contributed by atoms with Gasteiger partial charge in [0.25, 0.3) is 17.7 Å². The molecule has 0 aromatic heterocycles. The largest absolute Gasteiger partial charge is 0.452 e. The number of carbonyl (C=O) groups is 4. The van der Waals surface area contributed by atoms with E-state index in [-0.39, 0.29) is 40.3 Å². The fourth-order valence-corrected chi connectivity index (χ4v) is 4.93. The summed E-state index contributed by atoms with van der Waals surface area (Å²) in [5, 5.41) is 11.4. The molecule has 1 aliphatic carbocycles. The number of amides is 3. The smallest absolute Gasteiger partial charge is 0.338 e. The van der Waals surface area contributed by atoms with Crippen molar-refractivity contribution in [3.63, 3.8) is 0 Å². The third-order valence-electron chi connectivity index (χ3n) is 5.88. The van der Waals surface area contributed by atoms with Gasteiger partial charge >= 0.3 is 5.97 Å². The van der Waals surface area contributed by atoms with Crippen LogP contribution in [0.25, 0.3) is 0 Å². The van der Waals surface area contributed by atoms with Gasteiger partial charge in [-0.3, -0.25) is 19.3 Å². The van der Waals surface area contributed by atoms with Gasteiger partial charge in [0.2, 0.25) is 0 Å². The molecule has 0 radical (unpaired) electrons. The Hall–Kier alpha value is -3.64. The number of nitriles is 1. The second kappa shape index (κ2) is 10.5. The molecule has 1 aliphatic heterocycles. The van der Waals surface area contributed by atoms with Gasteiger partial charge in [0.15, 0.2) is 6.61 Å². The quantitative estimate of drug-likeness (QED) is 0.364. The van der Waals surface area contributed by atoms with Crippen LogP contribution in [0.15, 0.2) is 47.4 Å². The van der Waals surface area contributed by atoms with Crippen molar-refractivity contribution in [2.75, 3.05) is 17.7 Å². The molecule has 2 aliphatic rings. The number of ether oxygens (including phenoxy) is 1. The van der Waals surface area contributed by atoms with E-state index >= 15 is 0 Å². The van der Waals surface area contributed by atoms with Crippen molar-refractivity contribution in [1.82, 2.24) is 4.90 Å². The van der Waals surface area contributed by atoms with E-state index in [0.717, 1.165) is 37.0 Å². The van der Waals surface area contributed by atoms with Crippen molar-refractivity contribution in [3.8, 4) is 6.07 Å². The van der Waals surface area contributed by atoms with Crippen LogP contribution in [0.2, 0.25) is 0 Å². The summed E-state index contributed by atoms with van der Waals surface area (Å²) in [6, 6.07) is 13.2. The van der Waals surface area contributed by atoms with E-state index in [0.29, 0.717) is 5.69 Å². The molecule has 9 heteroatoms. The Morgan fingerprint density at radius 3 is 2.56 bits per heavy atom. The van der Waals surface area contributed by atoms with Crippen LogP contribution in [-0.2, 0) is 9.53 Å². The molecule has 0 spiro atoms. The number of nitrogens with zero attached hydrogens (tertiary/aromatic N) is 2. The van der Waals surface area contributed by atoms with Crippen molar-refractivity contribution in [3.05, 3.63) is 59.2 Å². The van der Waals surface area contributed by atoms with E-state index in [2.05, 4.69) is 5.32 Å². The van der Waals surface area contributed by atoms with Crippen LogP contribution >= 0.6 is 11.8 Å². The molecule has 0 saturated heterocycles. The average molecular weight is 478 g/mol. The summed E-state index contributed by atoms with van der Waals surface area (Å²) in [6.07, 6.45) is 4.67. The van der Waals surface area contributed by atoms with Gasteiger partial charge < -0.3 is 10.1 Å². The van der Waals surface area contributed by atoms with Gasteiger partial charge in [0, 0.05) is 10.9 Å². The number of thioether (sulfide) groups is 1. The Labute approximate surface area is 201 Å². The Balaban J connectivity index is 1.39. The van der Waals surface area contributed by atoms with Crippen LogP contribution in [0, 0.1) is 11.3 Å². The number of carbonyl (C=O) groups excluding carboxylic acids is 4. The third kappa shape index (κ3) is 4.97. The Kier molecular flexibility index (Phi) is 7.28. The molecule has 1 fully saturated rings. The maximum absolute atomic E-state index is 12.9. The standard InChI is InChI=1S/C25H23N3O5S/c26-12-13-34-21-9-5-4-8-20(21)27-22(29)15-33-25(32)16-10-11-18-19(14-16)24(31)28(23(18)30)17-6-2-1-3-7-17/h4-5,8-11,14,17H,1-3,6-7,13,15H2,(H,27,29). The molecule has 2 aromatic carbocycles. The zero-order chi connectivity index (χ0) is 24.1. The predicted octanol–water partition coefficient (Wildman–Crippen LogP) is 4.03. The first-order valence-corrected chi connectivity index (χ1v) is 12.1. The molecule has 34 heavy (non-hydrogen) atoms. The minimum atomic E-state index is -0.763. The zero-order valence-corrected chi connectivity index (χ0v) is 19.2. The first-order chi connectivity index (χ1) is 16.5. The van der Waals surface area contributed by atoms with Gasteiger partial charge in [0.1, 0.15) is 0 Å². The van der Waals surface area contributed by atoms with Crippen molar-refractivity contribution in [1.29, 1.82) is 5.26 Å². The van der Waals surface area contributed by atoms with Gasteiger partial charge in [-0.15, -0.1) is 11.8 Å². The van der Waals surface area contributed by atoms with E-state index in [1.807, 2.05) is 6.07 Å². The summed E-state index contributed by atoms with van der Waals surface area (Å²) in [7, 11) is 0. The molecule has 0 unspecified atom stereocenters. The number of benzene rings is 2. The predicted molar refractivity (Wildman–Crippen MR) is 126 cm³/mol. The average Bonchev–Trinajstić information content (AvgIpc) is 3.11. The SMILES string of the molecule is N#CCSc1ccccc1NC(=O)COC(=O)c1ccc2c(c1)C(=O)N(C1CCCCC1)C2=O. The molecule has 1 N–H and O–H groups in total. The summed E-state index contributed by atoms with van der Waals surface area (Å²) < 4.78 is 5.13. The van der Waals surface area contributed by atoms with Crippen LogP contribution in [0.5, 0.6) is 0 Å². The van der Waals surface area contributed by atoms with Crippen LogP contribution in [-0.4, -0.2) is 47.0 Å². The summed E-state index contributed by atoms with van der Waals surface area (Å²) in [5.41, 5.74) is 1.10. The van der Waals surface area contributed by atoms with Crippen molar-refractivity contribution < 1.29 is 23.9 Å². The third-order valence-corrected chi connectivity index (χ3v) is 6.82. The van der Waals surface area contributed by atoms with Crippen molar-refractivity contribution in [2.24, 2.45) is 0 Å². The lowest BCUT2D eigenvalue weighted by atomic mass is 9.94. The van der Waals surface area contributed by atoms with Crippen molar-refractivity contribution >= 4 is 41.1 Å². The van der Waals surface area contributed by atoms with Gasteiger partial charge in [-0.05, 0) is 43.2 Å². The second-order valence-electron chi connectivity index (χ2n) is 8.10. The van der Waals surface area contributed by atoms with Crippen LogP contribution in [0.1, 0.15) is 63.2 Å². The first-order valence-electron chi connectivity index (χ1n) is 11.1. The highest BCUT2D eigenvalue weighted by atomic mass is 32.2. The molecule has 2 aromatic rings. The molecular formula is C25H23N3O5S. The summed E-state index contributed by atoms with van der Waals surface area (Å²) in [4.78, 5) is 52.6. The van der Waals surface area contributed by atoms with Crippen molar-refractivity contribution in [2.45, 2.75) is 43.0 Å². The minimum Gasteiger partial charge on any atom is -0.452 e. The maximum atomic E-state index is 12.9. The number of hydrogen-bond donors (Lipinski definition) is 1. The highest BCUT2D eigenvalue weighted by molar-refractivity contribution is 7.99. The Morgan fingerprint density at radius 2 is 1.79 bits per heavy atom. The van der Waals surface area contributed by atoms with Gasteiger partial charge in [-0.25, -0.2) is 4.79 Å². The van der Waals surface area contributed by atoms with E-state index in [4.69, 9.17) is 10.00 Å². The highest BCUT2D eigenvalue weighted by Gasteiger charge is 2.40. The lowest BCUT2D eigenvalue weighted by Gasteiger charge is -2.29. The molecule has 0 bridgehead atoms. The number of rotatable bonds is 7. The minimum absolute atomic E-state index is 0.100. The van der Waals surface area contributed by atoms with Crippen LogP contribution in [0.4, 0.5) is 5.69 Å². The molecule has 174 valence electrons. The van der Waals surface area contributed by atoms with E-state index < -0.39 is 18.5 Å². The second-order valence-corrected chi connectivity index (χ2v) is 9.12. The van der Waals surface area contributed by atoms with Crippen LogP contribution < -0.4 is 5.32 Å². The number of para-hydroxylation sites is 1. The number of esters is 1. The van der Waals surface area contributed by atoms with E-state index in [9.17, 15) is 19.2 Å². The molecule has 3 amide bonds. The summed E-state index contributed by atoms with van der Waals surface area (Å²) in [6.45, 7) is -0.520. The fourth-order valence-electron chi connectivity index (χ4n) is 4.26. The number of nitrogens with one attached hydrogen (secondary N) is 1. The van der Waals surface area contributed by atoms with Gasteiger partial charge in [-0.2, -0.15) is 5.26 Å². The lowest BCUT2D eigenvalue weighted by Crippen LogP contribution is -2.40. The monoisotopic (exact) mass is 477 g/mol. The fraction of sp³-hybridized carbons (Fsp3) is 0.320. The van der Waals surface area contributed by atoms with Gasteiger partial charge in [-0.1, -0.05) is 31.4 Å². The topological polar surface area (TPSA) is 117 Å². The molecule has 1 saturated carbocycles. The van der Waals surface area contributed by atoms with Gasteiger partial charge in [0.05, 0.1) is 34.2 Å². The highest BCUT2D eigenvalue weighted by Crippen LogP contribution is 2.31. The number of imide groups is 1. The Morgan fingerprint density at radius 1 is 1.06 bits per heavy atom. The molecular weight excluding hydrogens is 454 g/mol. The molecule has 8 nitrogen and oxygen atoms in total. The summed E-state index contributed by atoms with van der Waals surface area (Å²) in [5.74, 6) is -1.76. The molecule has 4 rings (SSSR count). The number of anilines is 1.